The van der Waals surface area contributed by atoms with E-state index in [0.717, 1.165) is 43.6 Å². The second kappa shape index (κ2) is 9.13. The molecule has 4 saturated carbocycles. The maximum atomic E-state index is 11.8. The molecule has 2 heterocycles. The summed E-state index contributed by atoms with van der Waals surface area (Å²) in [5, 5.41) is 0. The van der Waals surface area contributed by atoms with Gasteiger partial charge in [-0.15, -0.1) is 12.4 Å². The van der Waals surface area contributed by atoms with Crippen LogP contribution in [0.5, 0.6) is 0 Å². The van der Waals surface area contributed by atoms with Crippen molar-refractivity contribution in [3.8, 4) is 0 Å². The number of esters is 1. The number of ether oxygens (including phenoxy) is 3. The van der Waals surface area contributed by atoms with Gasteiger partial charge in [-0.2, -0.15) is 0 Å². The van der Waals surface area contributed by atoms with E-state index < -0.39 is 0 Å². The highest BCUT2D eigenvalue weighted by molar-refractivity contribution is 5.85. The minimum atomic E-state index is -0.310. The summed E-state index contributed by atoms with van der Waals surface area (Å²) in [5.41, 5.74) is 6.28. The van der Waals surface area contributed by atoms with Crippen LogP contribution in [0.25, 0.3) is 0 Å². The summed E-state index contributed by atoms with van der Waals surface area (Å²) in [4.78, 5) is 11.8. The molecule has 1 spiro atoms. The van der Waals surface area contributed by atoms with Crippen LogP contribution in [0.1, 0.15) is 91.9 Å². The van der Waals surface area contributed by atoms with E-state index in [1.807, 2.05) is 0 Å². The molecule has 6 aliphatic rings. The molecular weight excluding hydrogens is 462 g/mol. The summed E-state index contributed by atoms with van der Waals surface area (Å²) >= 11 is 0. The van der Waals surface area contributed by atoms with Gasteiger partial charge in [0.1, 0.15) is 6.10 Å². The molecule has 6 fully saturated rings. The summed E-state index contributed by atoms with van der Waals surface area (Å²) < 4.78 is 19.1. The predicted octanol–water partition coefficient (Wildman–Crippen LogP) is 5.73. The van der Waals surface area contributed by atoms with Crippen LogP contribution < -0.4 is 5.73 Å². The van der Waals surface area contributed by atoms with E-state index in [1.165, 1.54) is 44.9 Å². The van der Waals surface area contributed by atoms with Crippen LogP contribution in [-0.4, -0.2) is 37.1 Å². The van der Waals surface area contributed by atoms with Crippen molar-refractivity contribution in [2.45, 2.75) is 110 Å². The van der Waals surface area contributed by atoms with Gasteiger partial charge in [0.2, 0.25) is 0 Å². The zero-order valence-corrected chi connectivity index (χ0v) is 23.1. The number of hydrogen-bond acceptors (Lipinski definition) is 5. The molecule has 5 nitrogen and oxygen atoms in total. The standard InChI is InChI=1S/C29H47NO4.ClH/c1-17-7-12-29(32-16-17)18(2)26-24(34-29)14-23-21-6-5-19-13-20(33-25(31)15-30)8-10-27(19,3)22(21)9-11-28(23,26)4;/h17-24,26H,5-16,30H2,1-4H3;1H/t17-,18-,19+,20+,21+,22-,23-,24-,26-,27-,28-,29+;/m0./s1. The third kappa shape index (κ3) is 3.84. The Hall–Kier alpha value is -0.360. The first-order valence-electron chi connectivity index (χ1n) is 14.4. The summed E-state index contributed by atoms with van der Waals surface area (Å²) in [6.45, 7) is 10.8. The van der Waals surface area contributed by atoms with Gasteiger partial charge < -0.3 is 19.9 Å². The summed E-state index contributed by atoms with van der Waals surface area (Å²) in [5.74, 6) is 4.35. The first kappa shape index (κ1) is 26.3. The molecule has 2 N–H and O–H groups in total. The Morgan fingerprint density at radius 3 is 2.46 bits per heavy atom. The molecule has 6 rings (SSSR count). The Bertz CT molecular complexity index is 815. The molecule has 0 bridgehead atoms. The van der Waals surface area contributed by atoms with Gasteiger partial charge in [-0.25, -0.2) is 0 Å². The number of fused-ring (bicyclic) bond motifs is 7. The highest BCUT2D eigenvalue weighted by Crippen LogP contribution is 2.71. The zero-order chi connectivity index (χ0) is 23.9. The Morgan fingerprint density at radius 2 is 1.74 bits per heavy atom. The molecule has 2 saturated heterocycles. The molecule has 0 aromatic rings. The summed E-state index contributed by atoms with van der Waals surface area (Å²) in [6, 6.07) is 0. The van der Waals surface area contributed by atoms with Crippen LogP contribution in [0.4, 0.5) is 0 Å². The number of carbonyl (C=O) groups excluding carboxylic acids is 1. The highest BCUT2D eigenvalue weighted by atomic mass is 35.5. The zero-order valence-electron chi connectivity index (χ0n) is 22.3. The molecule has 0 unspecified atom stereocenters. The van der Waals surface area contributed by atoms with Gasteiger partial charge in [0, 0.05) is 12.3 Å². The van der Waals surface area contributed by atoms with Crippen LogP contribution >= 0.6 is 12.4 Å². The lowest BCUT2D eigenvalue weighted by Gasteiger charge is -2.61. The van der Waals surface area contributed by atoms with Crippen molar-refractivity contribution in [3.05, 3.63) is 0 Å². The van der Waals surface area contributed by atoms with Gasteiger partial charge in [-0.05, 0) is 104 Å². The molecule has 12 atom stereocenters. The van der Waals surface area contributed by atoms with Gasteiger partial charge in [0.15, 0.2) is 5.79 Å². The lowest BCUT2D eigenvalue weighted by atomic mass is 9.44. The molecule has 0 radical (unpaired) electrons. The fourth-order valence-electron chi connectivity index (χ4n) is 10.6. The number of hydrogen-bond donors (Lipinski definition) is 1. The van der Waals surface area contributed by atoms with Crippen molar-refractivity contribution in [1.29, 1.82) is 0 Å². The summed E-state index contributed by atoms with van der Waals surface area (Å²) in [7, 11) is 0. The normalized spacial score (nSPS) is 54.7. The summed E-state index contributed by atoms with van der Waals surface area (Å²) in [6.07, 6.45) is 12.6. The first-order valence-corrected chi connectivity index (χ1v) is 14.4. The van der Waals surface area contributed by atoms with Crippen molar-refractivity contribution < 1.29 is 19.0 Å². The molecular formula is C29H48ClNO4. The van der Waals surface area contributed by atoms with Crippen LogP contribution in [0.15, 0.2) is 0 Å². The van der Waals surface area contributed by atoms with Crippen LogP contribution in [0.3, 0.4) is 0 Å². The Kier molecular flexibility index (Phi) is 6.85. The quantitative estimate of drug-likeness (QED) is 0.481. The van der Waals surface area contributed by atoms with Gasteiger partial charge in [0.05, 0.1) is 19.3 Å². The van der Waals surface area contributed by atoms with E-state index >= 15 is 0 Å². The van der Waals surface area contributed by atoms with Crippen molar-refractivity contribution in [2.24, 2.45) is 58.0 Å². The van der Waals surface area contributed by atoms with Crippen LogP contribution in [0.2, 0.25) is 0 Å². The van der Waals surface area contributed by atoms with Crippen LogP contribution in [-0.2, 0) is 19.0 Å². The molecule has 4 aliphatic carbocycles. The number of nitrogens with two attached hydrogens (primary N) is 1. The minimum absolute atomic E-state index is 0. The topological polar surface area (TPSA) is 70.8 Å². The Balaban J connectivity index is 0.00000253. The lowest BCUT2D eigenvalue weighted by molar-refractivity contribution is -0.273. The highest BCUT2D eigenvalue weighted by Gasteiger charge is 2.69. The second-order valence-electron chi connectivity index (χ2n) is 13.8. The maximum Gasteiger partial charge on any atom is 0.319 e. The predicted molar refractivity (Wildman–Crippen MR) is 138 cm³/mol. The van der Waals surface area contributed by atoms with Crippen molar-refractivity contribution in [3.63, 3.8) is 0 Å². The van der Waals surface area contributed by atoms with Gasteiger partial charge in [-0.1, -0.05) is 27.7 Å². The van der Waals surface area contributed by atoms with E-state index in [0.29, 0.717) is 40.6 Å². The van der Waals surface area contributed by atoms with E-state index in [2.05, 4.69) is 27.7 Å². The fourth-order valence-corrected chi connectivity index (χ4v) is 10.6. The molecule has 0 amide bonds. The number of halogens is 1. The molecule has 6 heteroatoms. The second-order valence-corrected chi connectivity index (χ2v) is 13.8. The molecule has 0 aromatic carbocycles. The average molecular weight is 510 g/mol. The number of rotatable bonds is 2. The fraction of sp³-hybridized carbons (Fsp3) is 0.966. The largest absolute Gasteiger partial charge is 0.461 e. The van der Waals surface area contributed by atoms with E-state index in [-0.39, 0.29) is 36.8 Å². The van der Waals surface area contributed by atoms with E-state index in [9.17, 15) is 4.79 Å². The third-order valence-electron chi connectivity index (χ3n) is 12.3. The number of carbonyl (C=O) groups is 1. The lowest BCUT2D eigenvalue weighted by Crippen LogP contribution is -2.55. The monoisotopic (exact) mass is 509 g/mol. The van der Waals surface area contributed by atoms with Crippen molar-refractivity contribution >= 4 is 18.4 Å². The van der Waals surface area contributed by atoms with Gasteiger partial charge in [-0.3, -0.25) is 4.79 Å². The van der Waals surface area contributed by atoms with E-state index in [4.69, 9.17) is 19.9 Å². The first-order chi connectivity index (χ1) is 16.2. The van der Waals surface area contributed by atoms with Crippen molar-refractivity contribution in [1.82, 2.24) is 0 Å². The van der Waals surface area contributed by atoms with E-state index in [1.54, 1.807) is 0 Å². The van der Waals surface area contributed by atoms with Crippen LogP contribution in [0, 0.1) is 52.3 Å². The molecule has 0 aromatic heterocycles. The Morgan fingerprint density at radius 1 is 0.971 bits per heavy atom. The average Bonchev–Trinajstić information content (AvgIpc) is 3.26. The van der Waals surface area contributed by atoms with Gasteiger partial charge >= 0.3 is 5.97 Å². The van der Waals surface area contributed by atoms with Crippen molar-refractivity contribution in [2.75, 3.05) is 13.2 Å². The molecule has 2 aliphatic heterocycles. The molecule has 35 heavy (non-hydrogen) atoms. The SMILES string of the molecule is C[C@H]1CC[C@@]2(OC1)O[C@H]1C[C@H]3[C@@H]4CC[C@@H]5C[C@H](OC(=O)CN)CC[C@]5(C)[C@H]4CC[C@]3(C)[C@H]1[C@@H]2C.Cl. The maximum absolute atomic E-state index is 11.8. The molecule has 200 valence electrons. The Labute approximate surface area is 218 Å². The smallest absolute Gasteiger partial charge is 0.319 e. The third-order valence-corrected chi connectivity index (χ3v) is 12.3. The minimum Gasteiger partial charge on any atom is -0.461 e. The van der Waals surface area contributed by atoms with Gasteiger partial charge in [0.25, 0.3) is 0 Å².